The van der Waals surface area contributed by atoms with Gasteiger partial charge in [-0.1, -0.05) is 44.2 Å². The maximum Gasteiger partial charge on any atom is 0.308 e. The van der Waals surface area contributed by atoms with Crippen molar-refractivity contribution in [1.29, 1.82) is 0 Å². The molecular weight excluding hydrogens is 424 g/mol. The molecule has 0 aliphatic carbocycles. The molecule has 0 amide bonds. The van der Waals surface area contributed by atoms with Crippen molar-refractivity contribution in [2.75, 3.05) is 20.8 Å². The molecule has 1 fully saturated rings. The van der Waals surface area contributed by atoms with Crippen LogP contribution in [-0.2, 0) is 23.7 Å². The van der Waals surface area contributed by atoms with Crippen LogP contribution in [0.25, 0.3) is 0 Å². The molecule has 2 aliphatic rings. The van der Waals surface area contributed by atoms with Crippen molar-refractivity contribution in [3.63, 3.8) is 0 Å². The first-order chi connectivity index (χ1) is 15.6. The molecule has 0 bridgehead atoms. The zero-order chi connectivity index (χ0) is 24.8. The highest BCUT2D eigenvalue weighted by molar-refractivity contribution is 5.69. The summed E-state index contributed by atoms with van der Waals surface area (Å²) in [7, 11) is 2.98. The number of esters is 1. The molecule has 188 valence electrons. The monoisotopic (exact) mass is 466 g/mol. The number of hydrogen-bond donors (Lipinski definition) is 2. The molecule has 0 unspecified atom stereocenters. The van der Waals surface area contributed by atoms with Crippen LogP contribution < -0.4 is 0 Å². The van der Waals surface area contributed by atoms with Crippen LogP contribution in [0, 0.1) is 17.8 Å². The van der Waals surface area contributed by atoms with Gasteiger partial charge in [-0.15, -0.1) is 0 Å². The lowest BCUT2D eigenvalue weighted by molar-refractivity contribution is -0.145. The Balaban J connectivity index is 1.91. The molecule has 0 saturated carbocycles. The van der Waals surface area contributed by atoms with Gasteiger partial charge >= 0.3 is 5.97 Å². The predicted octanol–water partition coefficient (Wildman–Crippen LogP) is 3.20. The minimum absolute atomic E-state index is 0.0668. The molecule has 7 nitrogen and oxygen atoms in total. The number of carbonyl (C=O) groups excluding carboxylic acids is 1. The molecule has 0 aromatic carbocycles. The van der Waals surface area contributed by atoms with E-state index in [4.69, 9.17) is 18.9 Å². The average molecular weight is 467 g/mol. The molecule has 7 heteroatoms. The van der Waals surface area contributed by atoms with Crippen LogP contribution >= 0.6 is 0 Å². The molecule has 0 aromatic rings. The van der Waals surface area contributed by atoms with Gasteiger partial charge in [0.05, 0.1) is 56.3 Å². The number of methoxy groups -OCH3 is 2. The Bertz CT molecular complexity index is 728. The largest absolute Gasteiger partial charge is 0.469 e. The first-order valence-electron chi connectivity index (χ1n) is 11.8. The van der Waals surface area contributed by atoms with E-state index in [0.717, 1.165) is 12.0 Å². The fourth-order valence-electron chi connectivity index (χ4n) is 4.89. The molecule has 0 aromatic heterocycles. The van der Waals surface area contributed by atoms with Crippen molar-refractivity contribution in [3.8, 4) is 0 Å². The Morgan fingerprint density at radius 1 is 1.24 bits per heavy atom. The van der Waals surface area contributed by atoms with Gasteiger partial charge in [-0.05, 0) is 38.7 Å². The van der Waals surface area contributed by atoms with Crippen molar-refractivity contribution in [2.24, 2.45) is 17.8 Å². The topological polar surface area (TPSA) is 97.8 Å². The smallest absolute Gasteiger partial charge is 0.308 e. The zero-order valence-electron chi connectivity index (χ0n) is 21.1. The van der Waals surface area contributed by atoms with E-state index in [1.54, 1.807) is 14.0 Å². The van der Waals surface area contributed by atoms with Crippen LogP contribution in [0.4, 0.5) is 0 Å². The summed E-state index contributed by atoms with van der Waals surface area (Å²) in [6.07, 6.45) is 9.65. The summed E-state index contributed by atoms with van der Waals surface area (Å²) in [5.41, 5.74) is 0.796. The first-order valence-corrected chi connectivity index (χ1v) is 11.8. The molecule has 2 rings (SSSR count). The number of allylic oxidation sites excluding steroid dienone is 3. The van der Waals surface area contributed by atoms with Gasteiger partial charge in [0.1, 0.15) is 0 Å². The molecule has 2 N–H and O–H groups in total. The van der Waals surface area contributed by atoms with Gasteiger partial charge in [-0.25, -0.2) is 0 Å². The summed E-state index contributed by atoms with van der Waals surface area (Å²) >= 11 is 0. The Morgan fingerprint density at radius 3 is 2.52 bits per heavy atom. The lowest BCUT2D eigenvalue weighted by Gasteiger charge is -2.31. The van der Waals surface area contributed by atoms with Crippen molar-refractivity contribution in [2.45, 2.75) is 83.6 Å². The van der Waals surface area contributed by atoms with Crippen molar-refractivity contribution in [1.82, 2.24) is 0 Å². The van der Waals surface area contributed by atoms with Crippen LogP contribution in [-0.4, -0.2) is 73.1 Å². The van der Waals surface area contributed by atoms with E-state index in [9.17, 15) is 15.0 Å². The van der Waals surface area contributed by atoms with Gasteiger partial charge in [0.25, 0.3) is 0 Å². The van der Waals surface area contributed by atoms with E-state index in [1.165, 1.54) is 7.11 Å². The average Bonchev–Trinajstić information content (AvgIpc) is 3.43. The molecular formula is C26H42O7. The summed E-state index contributed by atoms with van der Waals surface area (Å²) in [6, 6.07) is 0. The SMILES string of the molecule is COC(=O)C[C@@H]1O[C@H](/C(C)=C/C=C/[C@@H](C)C[C@@]2(C)O[C@@H]2[C@H](C)[C@@H](OC)[C@@H](C)O)C=C[C@@H]1CO. The zero-order valence-corrected chi connectivity index (χ0v) is 21.1. The summed E-state index contributed by atoms with van der Waals surface area (Å²) in [5, 5.41) is 19.5. The standard InChI is InChI=1S/C26H42O7/c1-16(14-26(5)25(33-26)18(3)24(31-7)19(4)28)9-8-10-17(2)21-12-11-20(15-27)22(32-21)13-23(29)30-6/h8-12,16,18-22,24-25,27-28H,13-15H2,1-7H3/b9-8+,17-10+/t16-,18-,19-,20-,21+,22+,24-,25-,26-/m1/s1. The van der Waals surface area contributed by atoms with Crippen molar-refractivity contribution < 1.29 is 34.0 Å². The van der Waals surface area contributed by atoms with Crippen LogP contribution in [0.15, 0.2) is 36.0 Å². The summed E-state index contributed by atoms with van der Waals surface area (Å²) < 4.78 is 22.3. The molecule has 1 saturated heterocycles. The summed E-state index contributed by atoms with van der Waals surface area (Å²) in [4.78, 5) is 11.7. The molecule has 0 radical (unpaired) electrons. The lowest BCUT2D eigenvalue weighted by Crippen LogP contribution is -2.36. The van der Waals surface area contributed by atoms with Gasteiger partial charge in [0.2, 0.25) is 0 Å². The summed E-state index contributed by atoms with van der Waals surface area (Å²) in [6.45, 7) is 10.0. The van der Waals surface area contributed by atoms with Crippen LogP contribution in [0.3, 0.4) is 0 Å². The summed E-state index contributed by atoms with van der Waals surface area (Å²) in [5.74, 6) is -0.159. The van der Waals surface area contributed by atoms with Crippen LogP contribution in [0.2, 0.25) is 0 Å². The third kappa shape index (κ3) is 7.49. The van der Waals surface area contributed by atoms with Crippen LogP contribution in [0.1, 0.15) is 47.5 Å². The van der Waals surface area contributed by atoms with Gasteiger partial charge in [0.15, 0.2) is 0 Å². The highest BCUT2D eigenvalue weighted by Gasteiger charge is 2.56. The number of epoxide rings is 1. The third-order valence-corrected chi connectivity index (χ3v) is 6.80. The second-order valence-electron chi connectivity index (χ2n) is 9.73. The second kappa shape index (κ2) is 12.3. The number of aliphatic hydroxyl groups is 2. The molecule has 9 atom stereocenters. The number of aliphatic hydroxyl groups excluding tert-OH is 2. The van der Waals surface area contributed by atoms with Gasteiger partial charge in [0, 0.05) is 18.9 Å². The quantitative estimate of drug-likeness (QED) is 0.197. The van der Waals surface area contributed by atoms with E-state index in [1.807, 2.05) is 31.2 Å². The Morgan fingerprint density at radius 2 is 1.94 bits per heavy atom. The van der Waals surface area contributed by atoms with Gasteiger partial charge in [-0.2, -0.15) is 0 Å². The molecule has 0 spiro atoms. The maximum atomic E-state index is 11.7. The Hall–Kier alpha value is -1.51. The Kier molecular flexibility index (Phi) is 10.3. The highest BCUT2D eigenvalue weighted by atomic mass is 16.6. The third-order valence-electron chi connectivity index (χ3n) is 6.80. The molecule has 33 heavy (non-hydrogen) atoms. The van der Waals surface area contributed by atoms with Crippen LogP contribution in [0.5, 0.6) is 0 Å². The van der Waals surface area contributed by atoms with E-state index in [0.29, 0.717) is 5.92 Å². The normalized spacial score (nSPS) is 33.5. The van der Waals surface area contributed by atoms with E-state index in [2.05, 4.69) is 26.8 Å². The minimum Gasteiger partial charge on any atom is -0.469 e. The maximum absolute atomic E-state index is 11.7. The van der Waals surface area contributed by atoms with Crippen molar-refractivity contribution in [3.05, 3.63) is 36.0 Å². The van der Waals surface area contributed by atoms with E-state index >= 15 is 0 Å². The van der Waals surface area contributed by atoms with Crippen molar-refractivity contribution >= 4 is 5.97 Å². The molecule has 2 heterocycles. The highest BCUT2D eigenvalue weighted by Crippen LogP contribution is 2.47. The lowest BCUT2D eigenvalue weighted by atomic mass is 9.86. The second-order valence-corrected chi connectivity index (χ2v) is 9.73. The number of ether oxygens (including phenoxy) is 4. The first kappa shape index (κ1) is 27.7. The Labute approximate surface area is 198 Å². The molecule has 2 aliphatic heterocycles. The predicted molar refractivity (Wildman–Crippen MR) is 127 cm³/mol. The van der Waals surface area contributed by atoms with Gasteiger partial charge in [-0.3, -0.25) is 4.79 Å². The fourth-order valence-corrected chi connectivity index (χ4v) is 4.89. The number of carbonyl (C=O) groups is 1. The number of hydrogen-bond acceptors (Lipinski definition) is 7. The number of rotatable bonds is 12. The van der Waals surface area contributed by atoms with Gasteiger partial charge < -0.3 is 29.2 Å². The van der Waals surface area contributed by atoms with E-state index in [-0.39, 0.29) is 54.7 Å². The van der Waals surface area contributed by atoms with E-state index < -0.39 is 12.2 Å². The minimum atomic E-state index is -0.542. The fraction of sp³-hybridized carbons (Fsp3) is 0.731.